The normalized spacial score (nSPS) is 11.0. The van der Waals surface area contributed by atoms with Gasteiger partial charge in [0.1, 0.15) is 5.01 Å². The summed E-state index contributed by atoms with van der Waals surface area (Å²) < 4.78 is 1.21. The first kappa shape index (κ1) is 17.8. The summed E-state index contributed by atoms with van der Waals surface area (Å²) in [5, 5.41) is 8.16. The average Bonchev–Trinajstić information content (AvgIpc) is 3.03. The first-order valence-electron chi connectivity index (χ1n) is 8.27. The number of nitrogens with zero attached hydrogens (tertiary/aromatic N) is 2. The Hall–Kier alpha value is -2.02. The molecular weight excluding hydrogens is 348 g/mol. The van der Waals surface area contributed by atoms with E-state index in [4.69, 9.17) is 17.2 Å². The van der Waals surface area contributed by atoms with E-state index < -0.39 is 0 Å². The van der Waals surface area contributed by atoms with Gasteiger partial charge < -0.3 is 15.5 Å². The number of benzene rings is 2. The van der Waals surface area contributed by atoms with Crippen LogP contribution in [0.25, 0.3) is 20.8 Å². The molecule has 0 unspecified atom stereocenters. The molecule has 4 nitrogen and oxygen atoms in total. The van der Waals surface area contributed by atoms with Gasteiger partial charge in [-0.25, -0.2) is 4.98 Å². The van der Waals surface area contributed by atoms with E-state index in [9.17, 15) is 0 Å². The van der Waals surface area contributed by atoms with Crippen LogP contribution in [0.15, 0.2) is 48.5 Å². The van der Waals surface area contributed by atoms with Gasteiger partial charge in [-0.15, -0.1) is 11.3 Å². The number of para-hydroxylation sites is 1. The van der Waals surface area contributed by atoms with Crippen molar-refractivity contribution in [3.05, 3.63) is 48.5 Å². The zero-order valence-corrected chi connectivity index (χ0v) is 16.1. The highest BCUT2D eigenvalue weighted by atomic mass is 32.1. The van der Waals surface area contributed by atoms with Crippen molar-refractivity contribution in [3.63, 3.8) is 0 Å². The van der Waals surface area contributed by atoms with Crippen LogP contribution < -0.4 is 10.6 Å². The highest BCUT2D eigenvalue weighted by Gasteiger charge is 2.06. The maximum Gasteiger partial charge on any atom is 0.170 e. The van der Waals surface area contributed by atoms with Gasteiger partial charge in [-0.1, -0.05) is 12.1 Å². The maximum absolute atomic E-state index is 5.34. The number of thiazole rings is 1. The fraction of sp³-hybridized carbons (Fsp3) is 0.263. The number of anilines is 1. The van der Waals surface area contributed by atoms with Gasteiger partial charge in [0.2, 0.25) is 0 Å². The lowest BCUT2D eigenvalue weighted by molar-refractivity contribution is 0.400. The number of fused-ring (bicyclic) bond motifs is 1. The van der Waals surface area contributed by atoms with Crippen LogP contribution >= 0.6 is 23.6 Å². The minimum atomic E-state index is 0.659. The average molecular weight is 371 g/mol. The number of nitrogens with one attached hydrogen (secondary N) is 2. The van der Waals surface area contributed by atoms with Crippen LogP contribution in [0.4, 0.5) is 5.69 Å². The molecule has 1 heterocycles. The lowest BCUT2D eigenvalue weighted by Crippen LogP contribution is -2.30. The van der Waals surface area contributed by atoms with Crippen molar-refractivity contribution in [3.8, 4) is 10.6 Å². The molecule has 3 rings (SSSR count). The second-order valence-corrected chi connectivity index (χ2v) is 7.54. The van der Waals surface area contributed by atoms with Gasteiger partial charge in [-0.3, -0.25) is 0 Å². The fourth-order valence-corrected chi connectivity index (χ4v) is 3.66. The predicted octanol–water partition coefficient (Wildman–Crippen LogP) is 4.20. The molecule has 0 bridgehead atoms. The quantitative estimate of drug-likeness (QED) is 0.503. The van der Waals surface area contributed by atoms with Gasteiger partial charge in [0.05, 0.1) is 10.2 Å². The summed E-state index contributed by atoms with van der Waals surface area (Å²) in [6, 6.07) is 16.4. The molecule has 1 aromatic heterocycles. The summed E-state index contributed by atoms with van der Waals surface area (Å²) in [5.41, 5.74) is 3.15. The number of hydrogen-bond acceptors (Lipinski definition) is 4. The molecule has 0 aliphatic heterocycles. The van der Waals surface area contributed by atoms with Crippen LogP contribution in [0.2, 0.25) is 0 Å². The van der Waals surface area contributed by atoms with Crippen molar-refractivity contribution in [2.75, 3.05) is 32.5 Å². The molecule has 2 aromatic carbocycles. The topological polar surface area (TPSA) is 40.2 Å². The van der Waals surface area contributed by atoms with Crippen LogP contribution in [0.3, 0.4) is 0 Å². The van der Waals surface area contributed by atoms with Crippen molar-refractivity contribution in [1.29, 1.82) is 0 Å². The Kier molecular flexibility index (Phi) is 5.96. The molecule has 0 spiro atoms. The minimum absolute atomic E-state index is 0.659. The van der Waals surface area contributed by atoms with Crippen molar-refractivity contribution >= 4 is 44.6 Å². The molecule has 0 aliphatic carbocycles. The standard InChI is InChI=1S/C19H22N4S2/c1-23(2)13-5-12-20-19(24)21-15-10-8-14(9-11-15)18-22-16-6-3-4-7-17(16)25-18/h3-4,6-11H,5,12-13H2,1-2H3,(H2,20,21,24). The SMILES string of the molecule is CN(C)CCCNC(=S)Nc1ccc(-c2nc3ccccc3s2)cc1. The van der Waals surface area contributed by atoms with E-state index in [-0.39, 0.29) is 0 Å². The summed E-state index contributed by atoms with van der Waals surface area (Å²) in [4.78, 5) is 6.86. The lowest BCUT2D eigenvalue weighted by Gasteiger charge is -2.12. The predicted molar refractivity (Wildman–Crippen MR) is 112 cm³/mol. The first-order valence-corrected chi connectivity index (χ1v) is 9.50. The summed E-state index contributed by atoms with van der Waals surface area (Å²) in [5.74, 6) is 0. The molecule has 0 aliphatic rings. The highest BCUT2D eigenvalue weighted by molar-refractivity contribution is 7.80. The van der Waals surface area contributed by atoms with Gasteiger partial charge >= 0.3 is 0 Å². The third kappa shape index (κ3) is 4.98. The number of thiocarbonyl (C=S) groups is 1. The van der Waals surface area contributed by atoms with Crippen LogP contribution in [-0.2, 0) is 0 Å². The van der Waals surface area contributed by atoms with E-state index >= 15 is 0 Å². The zero-order chi connectivity index (χ0) is 17.6. The minimum Gasteiger partial charge on any atom is -0.362 e. The van der Waals surface area contributed by atoms with E-state index in [1.54, 1.807) is 11.3 Å². The van der Waals surface area contributed by atoms with Crippen LogP contribution in [-0.4, -0.2) is 42.2 Å². The van der Waals surface area contributed by atoms with Gasteiger partial charge in [-0.05, 0) is 75.7 Å². The molecule has 2 N–H and O–H groups in total. The molecule has 3 aromatic rings. The van der Waals surface area contributed by atoms with Crippen LogP contribution in [0.1, 0.15) is 6.42 Å². The van der Waals surface area contributed by atoms with Gasteiger partial charge in [-0.2, -0.15) is 0 Å². The molecular formula is C19H22N4S2. The third-order valence-corrected chi connectivity index (χ3v) is 5.08. The van der Waals surface area contributed by atoms with E-state index in [2.05, 4.69) is 47.8 Å². The van der Waals surface area contributed by atoms with Gasteiger partial charge in [0, 0.05) is 17.8 Å². The van der Waals surface area contributed by atoms with Gasteiger partial charge in [0.25, 0.3) is 0 Å². The molecule has 0 radical (unpaired) electrons. The molecule has 130 valence electrons. The monoisotopic (exact) mass is 370 g/mol. The van der Waals surface area contributed by atoms with Crippen molar-refractivity contribution in [1.82, 2.24) is 15.2 Å². The lowest BCUT2D eigenvalue weighted by atomic mass is 10.2. The van der Waals surface area contributed by atoms with Crippen molar-refractivity contribution in [2.24, 2.45) is 0 Å². The number of hydrogen-bond donors (Lipinski definition) is 2. The van der Waals surface area contributed by atoms with E-state index in [1.807, 2.05) is 30.3 Å². The van der Waals surface area contributed by atoms with Gasteiger partial charge in [0.15, 0.2) is 5.11 Å². The summed E-state index contributed by atoms with van der Waals surface area (Å²) >= 11 is 7.05. The molecule has 0 amide bonds. The van der Waals surface area contributed by atoms with E-state index in [0.29, 0.717) is 5.11 Å². The Morgan fingerprint density at radius 3 is 2.60 bits per heavy atom. The van der Waals surface area contributed by atoms with Crippen LogP contribution in [0.5, 0.6) is 0 Å². The summed E-state index contributed by atoms with van der Waals surface area (Å²) in [7, 11) is 4.15. The smallest absolute Gasteiger partial charge is 0.170 e. The molecule has 0 atom stereocenters. The third-order valence-electron chi connectivity index (χ3n) is 3.75. The second kappa shape index (κ2) is 8.38. The zero-order valence-electron chi connectivity index (χ0n) is 14.5. The molecule has 0 fully saturated rings. The Bertz CT molecular complexity index is 807. The Morgan fingerprint density at radius 2 is 1.88 bits per heavy atom. The molecule has 6 heteroatoms. The van der Waals surface area contributed by atoms with E-state index in [0.717, 1.165) is 41.3 Å². The molecule has 25 heavy (non-hydrogen) atoms. The van der Waals surface area contributed by atoms with Crippen molar-refractivity contribution in [2.45, 2.75) is 6.42 Å². The fourth-order valence-electron chi connectivity index (χ4n) is 2.46. The summed E-state index contributed by atoms with van der Waals surface area (Å²) in [6.45, 7) is 1.92. The largest absolute Gasteiger partial charge is 0.362 e. The van der Waals surface area contributed by atoms with E-state index in [1.165, 1.54) is 4.70 Å². The molecule has 0 saturated carbocycles. The Balaban J connectivity index is 1.57. The second-order valence-electron chi connectivity index (χ2n) is 6.10. The number of aromatic nitrogens is 1. The Morgan fingerprint density at radius 1 is 1.12 bits per heavy atom. The first-order chi connectivity index (χ1) is 12.1. The van der Waals surface area contributed by atoms with Crippen LogP contribution in [0, 0.1) is 0 Å². The Labute approximate surface area is 157 Å². The molecule has 0 saturated heterocycles. The highest BCUT2D eigenvalue weighted by Crippen LogP contribution is 2.30. The summed E-state index contributed by atoms with van der Waals surface area (Å²) in [6.07, 6.45) is 1.06. The number of rotatable bonds is 6. The van der Waals surface area contributed by atoms with Crippen molar-refractivity contribution < 1.29 is 0 Å². The maximum atomic E-state index is 5.34.